The van der Waals surface area contributed by atoms with E-state index in [1.54, 1.807) is 0 Å². The SMILES string of the molecule is O[C@@H]1CNNC[C@H]1O. The first-order chi connectivity index (χ1) is 3.80. The van der Waals surface area contributed by atoms with Gasteiger partial charge in [-0.1, -0.05) is 0 Å². The van der Waals surface area contributed by atoms with Crippen LogP contribution in [0.1, 0.15) is 0 Å². The molecule has 1 aliphatic rings. The van der Waals surface area contributed by atoms with Crippen LogP contribution in [-0.4, -0.2) is 35.5 Å². The average molecular weight is 118 g/mol. The van der Waals surface area contributed by atoms with Crippen molar-refractivity contribution in [3.05, 3.63) is 0 Å². The number of β-amino-alcohol motifs (C(OH)–C–C–N with tert-alkyl or cyclic N) is 2. The van der Waals surface area contributed by atoms with Crippen LogP contribution in [0.5, 0.6) is 0 Å². The Labute approximate surface area is 47.5 Å². The first-order valence-electron chi connectivity index (χ1n) is 2.62. The number of aliphatic hydroxyl groups excluding tert-OH is 2. The van der Waals surface area contributed by atoms with E-state index in [1.165, 1.54) is 0 Å². The van der Waals surface area contributed by atoms with Crippen LogP contribution < -0.4 is 10.9 Å². The zero-order chi connectivity index (χ0) is 5.98. The van der Waals surface area contributed by atoms with E-state index in [-0.39, 0.29) is 0 Å². The maximum absolute atomic E-state index is 8.83. The maximum Gasteiger partial charge on any atom is 0.0950 e. The Morgan fingerprint density at radius 2 is 1.38 bits per heavy atom. The Morgan fingerprint density at radius 3 is 1.62 bits per heavy atom. The highest BCUT2D eigenvalue weighted by Gasteiger charge is 2.18. The quantitative estimate of drug-likeness (QED) is 0.292. The molecule has 0 aromatic carbocycles. The summed E-state index contributed by atoms with van der Waals surface area (Å²) in [6, 6.07) is 0. The standard InChI is InChI=1S/C4H10N2O2/c7-3-1-5-6-2-4(3)8/h3-8H,1-2H2/t3-,4-/m1/s1. The van der Waals surface area contributed by atoms with Crippen molar-refractivity contribution in [2.75, 3.05) is 13.1 Å². The van der Waals surface area contributed by atoms with E-state index < -0.39 is 12.2 Å². The lowest BCUT2D eigenvalue weighted by molar-refractivity contribution is -0.00233. The maximum atomic E-state index is 8.83. The molecule has 0 radical (unpaired) electrons. The summed E-state index contributed by atoms with van der Waals surface area (Å²) in [5.41, 5.74) is 5.41. The van der Waals surface area contributed by atoms with Crippen LogP contribution in [0.4, 0.5) is 0 Å². The predicted octanol–water partition coefficient (Wildman–Crippen LogP) is -2.18. The molecule has 1 heterocycles. The van der Waals surface area contributed by atoms with Crippen LogP contribution in [0.3, 0.4) is 0 Å². The summed E-state index contributed by atoms with van der Waals surface area (Å²) >= 11 is 0. The molecule has 4 nitrogen and oxygen atoms in total. The molecule has 0 aliphatic carbocycles. The van der Waals surface area contributed by atoms with Gasteiger partial charge in [0, 0.05) is 13.1 Å². The van der Waals surface area contributed by atoms with Gasteiger partial charge in [0.2, 0.25) is 0 Å². The highest BCUT2D eigenvalue weighted by molar-refractivity contribution is 4.74. The molecule has 8 heavy (non-hydrogen) atoms. The highest BCUT2D eigenvalue weighted by Crippen LogP contribution is 1.92. The van der Waals surface area contributed by atoms with Gasteiger partial charge in [0.25, 0.3) is 0 Å². The number of hydrogen-bond donors (Lipinski definition) is 4. The predicted molar refractivity (Wildman–Crippen MR) is 28.0 cm³/mol. The fourth-order valence-electron chi connectivity index (χ4n) is 0.626. The largest absolute Gasteiger partial charge is 0.389 e. The fraction of sp³-hybridized carbons (Fsp3) is 1.00. The van der Waals surface area contributed by atoms with Crippen molar-refractivity contribution in [3.8, 4) is 0 Å². The van der Waals surface area contributed by atoms with Gasteiger partial charge < -0.3 is 10.2 Å². The summed E-state index contributed by atoms with van der Waals surface area (Å²) in [5.74, 6) is 0. The van der Waals surface area contributed by atoms with Gasteiger partial charge in [-0.25, -0.2) is 0 Å². The topological polar surface area (TPSA) is 64.5 Å². The van der Waals surface area contributed by atoms with Crippen LogP contribution in [0, 0.1) is 0 Å². The summed E-state index contributed by atoms with van der Waals surface area (Å²) in [4.78, 5) is 0. The lowest BCUT2D eigenvalue weighted by Gasteiger charge is -2.24. The van der Waals surface area contributed by atoms with E-state index in [2.05, 4.69) is 10.9 Å². The third kappa shape index (κ3) is 1.16. The molecule has 4 N–H and O–H groups in total. The van der Waals surface area contributed by atoms with Gasteiger partial charge in [0.15, 0.2) is 0 Å². The Kier molecular flexibility index (Phi) is 1.80. The van der Waals surface area contributed by atoms with Gasteiger partial charge in [-0.15, -0.1) is 0 Å². The van der Waals surface area contributed by atoms with Crippen molar-refractivity contribution >= 4 is 0 Å². The zero-order valence-corrected chi connectivity index (χ0v) is 4.46. The van der Waals surface area contributed by atoms with Gasteiger partial charge >= 0.3 is 0 Å². The molecule has 0 spiro atoms. The summed E-state index contributed by atoms with van der Waals surface area (Å²) in [5, 5.41) is 17.7. The molecule has 1 rings (SSSR count). The van der Waals surface area contributed by atoms with E-state index in [1.807, 2.05) is 0 Å². The van der Waals surface area contributed by atoms with Crippen molar-refractivity contribution in [2.45, 2.75) is 12.2 Å². The van der Waals surface area contributed by atoms with Crippen molar-refractivity contribution in [1.82, 2.24) is 10.9 Å². The minimum atomic E-state index is -0.615. The number of rotatable bonds is 0. The van der Waals surface area contributed by atoms with E-state index in [9.17, 15) is 0 Å². The molecule has 1 fully saturated rings. The molecule has 2 atom stereocenters. The van der Waals surface area contributed by atoms with Crippen LogP contribution >= 0.6 is 0 Å². The van der Waals surface area contributed by atoms with Crippen molar-refractivity contribution in [1.29, 1.82) is 0 Å². The molecule has 0 bridgehead atoms. The minimum absolute atomic E-state index is 0.418. The number of nitrogens with one attached hydrogen (secondary N) is 2. The molecule has 1 aliphatic heterocycles. The van der Waals surface area contributed by atoms with E-state index in [4.69, 9.17) is 10.2 Å². The summed E-state index contributed by atoms with van der Waals surface area (Å²) in [6.07, 6.45) is -1.23. The second-order valence-corrected chi connectivity index (χ2v) is 1.90. The molecule has 4 heteroatoms. The zero-order valence-electron chi connectivity index (χ0n) is 4.46. The molecule has 0 amide bonds. The van der Waals surface area contributed by atoms with E-state index in [0.29, 0.717) is 13.1 Å². The monoisotopic (exact) mass is 118 g/mol. The van der Waals surface area contributed by atoms with Gasteiger partial charge in [0.1, 0.15) is 0 Å². The lowest BCUT2D eigenvalue weighted by atomic mass is 10.2. The highest BCUT2D eigenvalue weighted by atomic mass is 16.3. The normalized spacial score (nSPS) is 39.8. The van der Waals surface area contributed by atoms with Gasteiger partial charge in [0.05, 0.1) is 12.2 Å². The van der Waals surface area contributed by atoms with Crippen LogP contribution in [0.25, 0.3) is 0 Å². The van der Waals surface area contributed by atoms with Crippen LogP contribution in [-0.2, 0) is 0 Å². The second kappa shape index (κ2) is 2.41. The Morgan fingerprint density at radius 1 is 1.00 bits per heavy atom. The van der Waals surface area contributed by atoms with Crippen molar-refractivity contribution in [2.24, 2.45) is 0 Å². The Hall–Kier alpha value is -0.160. The van der Waals surface area contributed by atoms with Crippen LogP contribution in [0.2, 0.25) is 0 Å². The Bertz CT molecular complexity index is 68.4. The van der Waals surface area contributed by atoms with Gasteiger partial charge in [-0.05, 0) is 0 Å². The molecular formula is C4H10N2O2. The Balaban J connectivity index is 2.28. The molecule has 0 unspecified atom stereocenters. The molecule has 0 saturated carbocycles. The van der Waals surface area contributed by atoms with Gasteiger partial charge in [-0.2, -0.15) is 0 Å². The molecular weight excluding hydrogens is 108 g/mol. The van der Waals surface area contributed by atoms with Crippen molar-refractivity contribution < 1.29 is 10.2 Å². The summed E-state index contributed by atoms with van der Waals surface area (Å²) in [6.45, 7) is 0.836. The first-order valence-corrected chi connectivity index (χ1v) is 2.62. The smallest absolute Gasteiger partial charge is 0.0950 e. The third-order valence-electron chi connectivity index (χ3n) is 1.19. The number of aliphatic hydroxyl groups is 2. The van der Waals surface area contributed by atoms with Gasteiger partial charge in [-0.3, -0.25) is 10.9 Å². The minimum Gasteiger partial charge on any atom is -0.389 e. The lowest BCUT2D eigenvalue weighted by Crippen LogP contribution is -2.54. The van der Waals surface area contributed by atoms with E-state index in [0.717, 1.165) is 0 Å². The molecule has 48 valence electrons. The van der Waals surface area contributed by atoms with Crippen LogP contribution in [0.15, 0.2) is 0 Å². The average Bonchev–Trinajstić information content (AvgIpc) is 1.77. The first kappa shape index (κ1) is 5.97. The molecule has 0 aromatic heterocycles. The summed E-state index contributed by atoms with van der Waals surface area (Å²) in [7, 11) is 0. The second-order valence-electron chi connectivity index (χ2n) is 1.90. The molecule has 0 aromatic rings. The molecule has 1 saturated heterocycles. The number of hydrazine groups is 1. The van der Waals surface area contributed by atoms with E-state index >= 15 is 0 Å². The number of hydrogen-bond acceptors (Lipinski definition) is 4. The van der Waals surface area contributed by atoms with Crippen molar-refractivity contribution in [3.63, 3.8) is 0 Å². The summed E-state index contributed by atoms with van der Waals surface area (Å²) < 4.78 is 0. The third-order valence-corrected chi connectivity index (χ3v) is 1.19. The fourth-order valence-corrected chi connectivity index (χ4v) is 0.626.